The van der Waals surface area contributed by atoms with Crippen molar-refractivity contribution in [3.63, 3.8) is 0 Å². The number of unbranched alkanes of at least 4 members (excludes halogenated alkanes) is 1. The molecule has 0 saturated carbocycles. The van der Waals surface area contributed by atoms with Gasteiger partial charge in [0.2, 0.25) is 0 Å². The number of aliphatic hydroxyl groups is 7. The molecule has 10 atom stereocenters. The molecule has 1 aromatic rings. The Labute approximate surface area is 234 Å². The topological polar surface area (TPSA) is 209 Å². The van der Waals surface area contributed by atoms with Crippen molar-refractivity contribution in [1.29, 1.82) is 0 Å². The van der Waals surface area contributed by atoms with Gasteiger partial charge in [0.25, 0.3) is 0 Å². The first kappa shape index (κ1) is 33.2. The van der Waals surface area contributed by atoms with Gasteiger partial charge in [-0.05, 0) is 37.5 Å². The first-order valence-corrected chi connectivity index (χ1v) is 14.1. The molecule has 1 aromatic heterocycles. The van der Waals surface area contributed by atoms with Crippen LogP contribution in [-0.2, 0) is 31.9 Å². The fourth-order valence-corrected chi connectivity index (χ4v) is 4.76. The van der Waals surface area contributed by atoms with E-state index in [0.717, 1.165) is 37.9 Å². The highest BCUT2D eigenvalue weighted by Crippen LogP contribution is 2.30. The smallest absolute Gasteiger partial charge is 0.187 e. The molecular formula is C26H47N3O11. The zero-order chi connectivity index (χ0) is 29.4. The third-order valence-electron chi connectivity index (χ3n) is 7.85. The van der Waals surface area contributed by atoms with Gasteiger partial charge in [-0.2, -0.15) is 0 Å². The highest BCUT2D eigenvalue weighted by Gasteiger charge is 2.50. The molecular weight excluding hydrogens is 530 g/mol. The van der Waals surface area contributed by atoms with Gasteiger partial charge >= 0.3 is 0 Å². The highest BCUT2D eigenvalue weighted by atomic mass is 16.7. The fourth-order valence-electron chi connectivity index (χ4n) is 4.76. The largest absolute Gasteiger partial charge is 0.394 e. The molecule has 14 nitrogen and oxygen atoms in total. The van der Waals surface area contributed by atoms with Crippen LogP contribution in [0.25, 0.3) is 0 Å². The van der Waals surface area contributed by atoms with E-state index >= 15 is 0 Å². The number of aliphatic hydroxyl groups excluding tert-OH is 7. The summed E-state index contributed by atoms with van der Waals surface area (Å²) in [5.74, 6) is 0. The quantitative estimate of drug-likeness (QED) is 0.118. The fraction of sp³-hybridized carbons (Fsp3) is 0.923. The lowest BCUT2D eigenvalue weighted by Gasteiger charge is -2.45. The summed E-state index contributed by atoms with van der Waals surface area (Å²) in [7, 11) is 0. The van der Waals surface area contributed by atoms with Crippen molar-refractivity contribution in [1.82, 2.24) is 15.0 Å². The summed E-state index contributed by atoms with van der Waals surface area (Å²) in [5.41, 5.74) is 1.21. The molecule has 2 saturated heterocycles. The van der Waals surface area contributed by atoms with Gasteiger partial charge in [-0.25, -0.2) is 0 Å². The number of nitrogens with zero attached hydrogens (tertiary/aromatic N) is 3. The van der Waals surface area contributed by atoms with E-state index in [2.05, 4.69) is 31.1 Å². The molecule has 232 valence electrons. The molecule has 3 rings (SSSR count). The Hall–Kier alpha value is -1.30. The minimum absolute atomic E-state index is 0.213. The van der Waals surface area contributed by atoms with Crippen molar-refractivity contribution in [2.24, 2.45) is 5.41 Å². The molecule has 2 aliphatic rings. The van der Waals surface area contributed by atoms with Crippen LogP contribution in [0.1, 0.15) is 58.6 Å². The summed E-state index contributed by atoms with van der Waals surface area (Å²) in [6.07, 6.45) is -7.37. The summed E-state index contributed by atoms with van der Waals surface area (Å²) in [6, 6.07) is 0. The van der Waals surface area contributed by atoms with Crippen LogP contribution >= 0.6 is 0 Å². The molecule has 0 aromatic carbocycles. The van der Waals surface area contributed by atoms with E-state index in [1.807, 2.05) is 10.9 Å². The summed E-state index contributed by atoms with van der Waals surface area (Å²) in [5, 5.41) is 79.0. The van der Waals surface area contributed by atoms with E-state index in [9.17, 15) is 35.7 Å². The van der Waals surface area contributed by atoms with Gasteiger partial charge < -0.3 is 54.7 Å². The number of aromatic nitrogens is 3. The summed E-state index contributed by atoms with van der Waals surface area (Å²) >= 11 is 0. The first-order chi connectivity index (χ1) is 19.0. The molecule has 40 heavy (non-hydrogen) atoms. The van der Waals surface area contributed by atoms with Crippen molar-refractivity contribution < 1.29 is 54.7 Å². The van der Waals surface area contributed by atoms with Crippen LogP contribution in [0, 0.1) is 5.41 Å². The minimum Gasteiger partial charge on any atom is -0.394 e. The summed E-state index contributed by atoms with van der Waals surface area (Å²) in [4.78, 5) is 0. The van der Waals surface area contributed by atoms with Gasteiger partial charge in [-0.1, -0.05) is 32.4 Å². The van der Waals surface area contributed by atoms with Crippen molar-refractivity contribution in [2.75, 3.05) is 19.8 Å². The van der Waals surface area contributed by atoms with E-state index in [-0.39, 0.29) is 6.61 Å². The molecule has 0 aliphatic carbocycles. The van der Waals surface area contributed by atoms with Gasteiger partial charge in [0, 0.05) is 19.3 Å². The molecule has 0 spiro atoms. The van der Waals surface area contributed by atoms with Crippen molar-refractivity contribution in [3.05, 3.63) is 11.9 Å². The van der Waals surface area contributed by atoms with E-state index in [0.29, 0.717) is 18.3 Å². The molecule has 7 N–H and O–H groups in total. The van der Waals surface area contributed by atoms with Crippen LogP contribution in [0.5, 0.6) is 0 Å². The Kier molecular flexibility index (Phi) is 12.7. The van der Waals surface area contributed by atoms with Gasteiger partial charge in [-0.3, -0.25) is 4.68 Å². The standard InChI is InChI=1S/C26H47N3O11/c1-4-26(2,3)9-7-10-29-12-15(27-28-29)8-5-6-11-37-24-22(36)20(34)23(17(14-31)39-24)40-25-21(35)19(33)18(32)16(13-30)38-25/h12,16-25,30-36H,4-11,13-14H2,1-3H3/t16?,17?,18-,19+,20?,21?,22+,23-,24-,25-/m1/s1. The maximum atomic E-state index is 10.7. The monoisotopic (exact) mass is 577 g/mol. The van der Waals surface area contributed by atoms with E-state index in [1.165, 1.54) is 0 Å². The molecule has 4 unspecified atom stereocenters. The summed E-state index contributed by atoms with van der Waals surface area (Å²) < 4.78 is 24.0. The van der Waals surface area contributed by atoms with Crippen LogP contribution in [0.3, 0.4) is 0 Å². The number of hydrogen-bond acceptors (Lipinski definition) is 13. The van der Waals surface area contributed by atoms with Gasteiger partial charge in [0.1, 0.15) is 48.8 Å². The SMILES string of the molecule is CCC(C)(C)CCCn1cc(CCCCO[C@@H]2OC(CO)[C@@H](O[C@H]3OC(CO)[C@@H](O)[C@H](O)C3O)C(O)[C@@H]2O)nn1. The molecule has 0 radical (unpaired) electrons. The Bertz CT molecular complexity index is 871. The zero-order valence-electron chi connectivity index (χ0n) is 23.5. The first-order valence-electron chi connectivity index (χ1n) is 14.1. The molecule has 2 aliphatic heterocycles. The van der Waals surface area contributed by atoms with Gasteiger partial charge in [-0.15, -0.1) is 5.10 Å². The lowest BCUT2D eigenvalue weighted by molar-refractivity contribution is -0.359. The average Bonchev–Trinajstić information content (AvgIpc) is 3.39. The third-order valence-corrected chi connectivity index (χ3v) is 7.85. The lowest BCUT2D eigenvalue weighted by Crippen LogP contribution is -2.64. The predicted octanol–water partition coefficient (Wildman–Crippen LogP) is -1.54. The van der Waals surface area contributed by atoms with E-state index in [4.69, 9.17) is 18.9 Å². The highest BCUT2D eigenvalue weighted by molar-refractivity contribution is 4.94. The maximum Gasteiger partial charge on any atom is 0.187 e. The van der Waals surface area contributed by atoms with Gasteiger partial charge in [0.05, 0.1) is 18.9 Å². The molecule has 0 amide bonds. The lowest BCUT2D eigenvalue weighted by atomic mass is 9.85. The molecule has 0 bridgehead atoms. The van der Waals surface area contributed by atoms with Crippen LogP contribution in [0.2, 0.25) is 0 Å². The minimum atomic E-state index is -1.72. The number of ether oxygens (including phenoxy) is 4. The number of hydrogen-bond donors (Lipinski definition) is 7. The molecule has 2 fully saturated rings. The van der Waals surface area contributed by atoms with Crippen LogP contribution in [-0.4, -0.2) is 132 Å². The van der Waals surface area contributed by atoms with E-state index < -0.39 is 74.6 Å². The average molecular weight is 578 g/mol. The Morgan fingerprint density at radius 2 is 1.55 bits per heavy atom. The second-order valence-corrected chi connectivity index (χ2v) is 11.4. The van der Waals surface area contributed by atoms with Crippen LogP contribution in [0.4, 0.5) is 0 Å². The third kappa shape index (κ3) is 8.61. The predicted molar refractivity (Wildman–Crippen MR) is 139 cm³/mol. The van der Waals surface area contributed by atoms with Gasteiger partial charge in [0.15, 0.2) is 12.6 Å². The van der Waals surface area contributed by atoms with E-state index in [1.54, 1.807) is 0 Å². The van der Waals surface area contributed by atoms with Crippen molar-refractivity contribution >= 4 is 0 Å². The Morgan fingerprint density at radius 3 is 2.23 bits per heavy atom. The van der Waals surface area contributed by atoms with Crippen LogP contribution in [0.15, 0.2) is 6.20 Å². The second-order valence-electron chi connectivity index (χ2n) is 11.4. The van der Waals surface area contributed by atoms with Crippen molar-refractivity contribution in [3.8, 4) is 0 Å². The molecule has 14 heteroatoms. The number of aryl methyl sites for hydroxylation is 2. The normalized spacial score (nSPS) is 35.2. The maximum absolute atomic E-state index is 10.7. The zero-order valence-corrected chi connectivity index (χ0v) is 23.5. The summed E-state index contributed by atoms with van der Waals surface area (Å²) in [6.45, 7) is 6.49. The Morgan fingerprint density at radius 1 is 0.875 bits per heavy atom. The van der Waals surface area contributed by atoms with Crippen LogP contribution < -0.4 is 0 Å². The number of rotatable bonds is 15. The van der Waals surface area contributed by atoms with Crippen molar-refractivity contribution in [2.45, 2.75) is 127 Å². The molecule has 3 heterocycles. The second kappa shape index (κ2) is 15.3. The Balaban J connectivity index is 1.42.